The molecule has 18 heavy (non-hydrogen) atoms. The molecule has 0 saturated carbocycles. The number of hydrogen-bond acceptors (Lipinski definition) is 5. The summed E-state index contributed by atoms with van der Waals surface area (Å²) in [5, 5.41) is 11.3. The maximum absolute atomic E-state index is 11.4. The van der Waals surface area contributed by atoms with Crippen LogP contribution in [0, 0.1) is 0 Å². The van der Waals surface area contributed by atoms with Crippen LogP contribution < -0.4 is 5.32 Å². The van der Waals surface area contributed by atoms with Crippen LogP contribution in [0.15, 0.2) is 0 Å². The van der Waals surface area contributed by atoms with E-state index in [-0.39, 0.29) is 6.54 Å². The van der Waals surface area contributed by atoms with Crippen molar-refractivity contribution in [3.05, 3.63) is 0 Å². The highest BCUT2D eigenvalue weighted by Crippen LogP contribution is 2.24. The molecule has 0 aliphatic carbocycles. The molecule has 104 valence electrons. The quantitative estimate of drug-likeness (QED) is 0.759. The molecule has 0 aromatic rings. The Hall–Kier alpha value is -1.34. The van der Waals surface area contributed by atoms with Crippen LogP contribution in [0.3, 0.4) is 0 Å². The van der Waals surface area contributed by atoms with Gasteiger partial charge in [-0.2, -0.15) is 0 Å². The second-order valence-electron chi connectivity index (χ2n) is 5.02. The molecule has 1 aliphatic rings. The zero-order valence-electron chi connectivity index (χ0n) is 10.9. The largest absolute Gasteiger partial charge is 0.479 e. The van der Waals surface area contributed by atoms with E-state index < -0.39 is 36.0 Å². The van der Waals surface area contributed by atoms with Gasteiger partial charge in [-0.15, -0.1) is 0 Å². The van der Waals surface area contributed by atoms with E-state index in [4.69, 9.17) is 19.3 Å². The van der Waals surface area contributed by atoms with Crippen LogP contribution in [0.2, 0.25) is 0 Å². The molecule has 0 radical (unpaired) electrons. The smallest absolute Gasteiger partial charge is 0.407 e. The molecular weight excluding hydrogens is 242 g/mol. The molecule has 1 saturated heterocycles. The first-order valence-electron chi connectivity index (χ1n) is 5.62. The van der Waals surface area contributed by atoms with E-state index in [1.807, 2.05) is 0 Å². The highest BCUT2D eigenvalue weighted by Gasteiger charge is 2.47. The van der Waals surface area contributed by atoms with Crippen molar-refractivity contribution in [2.75, 3.05) is 13.7 Å². The van der Waals surface area contributed by atoms with E-state index in [9.17, 15) is 9.59 Å². The predicted octanol–water partition coefficient (Wildman–Crippen LogP) is 0.378. The van der Waals surface area contributed by atoms with Gasteiger partial charge in [-0.3, -0.25) is 0 Å². The average molecular weight is 261 g/mol. The van der Waals surface area contributed by atoms with Gasteiger partial charge in [0.1, 0.15) is 17.8 Å². The number of methoxy groups -OCH3 is 1. The normalized spacial score (nSPS) is 27.2. The molecule has 0 unspecified atom stereocenters. The summed E-state index contributed by atoms with van der Waals surface area (Å²) in [4.78, 5) is 22.1. The molecule has 0 aromatic heterocycles. The van der Waals surface area contributed by atoms with Crippen LogP contribution in [0.25, 0.3) is 0 Å². The first kappa shape index (κ1) is 14.7. The van der Waals surface area contributed by atoms with Gasteiger partial charge in [0.2, 0.25) is 0 Å². The minimum atomic E-state index is -1.07. The van der Waals surface area contributed by atoms with Gasteiger partial charge in [-0.1, -0.05) is 0 Å². The van der Waals surface area contributed by atoms with Crippen molar-refractivity contribution in [1.29, 1.82) is 0 Å². The predicted molar refractivity (Wildman–Crippen MR) is 61.3 cm³/mol. The van der Waals surface area contributed by atoms with Crippen molar-refractivity contribution >= 4 is 12.1 Å². The summed E-state index contributed by atoms with van der Waals surface area (Å²) in [7, 11) is 1.41. The SMILES string of the molecule is CO[C@@H]1[C@@H](CNC(=O)OC(C)(C)C)O[C@H]1C(=O)O. The summed E-state index contributed by atoms with van der Waals surface area (Å²) in [5.74, 6) is -1.07. The molecule has 3 atom stereocenters. The molecule has 1 amide bonds. The fourth-order valence-corrected chi connectivity index (χ4v) is 1.59. The third kappa shape index (κ3) is 3.85. The third-order valence-corrected chi connectivity index (χ3v) is 2.35. The monoisotopic (exact) mass is 261 g/mol. The molecular formula is C11H19NO6. The van der Waals surface area contributed by atoms with Gasteiger partial charge in [0.05, 0.1) is 0 Å². The van der Waals surface area contributed by atoms with Crippen LogP contribution in [-0.4, -0.2) is 54.7 Å². The fourth-order valence-electron chi connectivity index (χ4n) is 1.59. The molecule has 1 rings (SSSR count). The van der Waals surface area contributed by atoms with E-state index in [0.29, 0.717) is 0 Å². The number of carboxylic acids is 1. The zero-order valence-corrected chi connectivity index (χ0v) is 10.9. The Morgan fingerprint density at radius 1 is 1.39 bits per heavy atom. The van der Waals surface area contributed by atoms with Gasteiger partial charge in [-0.25, -0.2) is 9.59 Å². The number of carbonyl (C=O) groups excluding carboxylic acids is 1. The number of aliphatic carboxylic acids is 1. The van der Waals surface area contributed by atoms with Gasteiger partial charge >= 0.3 is 12.1 Å². The third-order valence-electron chi connectivity index (χ3n) is 2.35. The van der Waals surface area contributed by atoms with Crippen LogP contribution >= 0.6 is 0 Å². The van der Waals surface area contributed by atoms with Gasteiger partial charge in [0, 0.05) is 13.7 Å². The summed E-state index contributed by atoms with van der Waals surface area (Å²) in [6.45, 7) is 5.41. The van der Waals surface area contributed by atoms with Gasteiger partial charge in [0.25, 0.3) is 0 Å². The lowest BCUT2D eigenvalue weighted by atomic mass is 10.0. The summed E-state index contributed by atoms with van der Waals surface area (Å²) in [5.41, 5.74) is -0.575. The first-order chi connectivity index (χ1) is 8.24. The number of carboxylic acid groups (broad SMARTS) is 1. The summed E-state index contributed by atoms with van der Waals surface area (Å²) >= 11 is 0. The standard InChI is InChI=1S/C11H19NO6/c1-11(2,3)18-10(15)12-5-6-7(16-4)8(17-6)9(13)14/h6-8H,5H2,1-4H3,(H,12,15)(H,13,14)/t6-,7-,8-/m1/s1. The van der Waals surface area contributed by atoms with E-state index in [1.165, 1.54) is 7.11 Å². The lowest BCUT2D eigenvalue weighted by Gasteiger charge is -2.41. The summed E-state index contributed by atoms with van der Waals surface area (Å²) in [6.07, 6.45) is -2.57. The van der Waals surface area contributed by atoms with Gasteiger partial charge in [0.15, 0.2) is 6.10 Å². The Kier molecular flexibility index (Phi) is 4.53. The topological polar surface area (TPSA) is 94.1 Å². The minimum Gasteiger partial charge on any atom is -0.479 e. The fraction of sp³-hybridized carbons (Fsp3) is 0.818. The number of hydrogen-bond donors (Lipinski definition) is 2. The van der Waals surface area contributed by atoms with Gasteiger partial charge < -0.3 is 24.6 Å². The number of carbonyl (C=O) groups is 2. The van der Waals surface area contributed by atoms with Crippen LogP contribution in [0.5, 0.6) is 0 Å². The second-order valence-corrected chi connectivity index (χ2v) is 5.02. The van der Waals surface area contributed by atoms with Crippen molar-refractivity contribution in [2.45, 2.75) is 44.7 Å². The number of rotatable bonds is 4. The number of nitrogens with one attached hydrogen (secondary N) is 1. The highest BCUT2D eigenvalue weighted by atomic mass is 16.6. The Labute approximate surface area is 105 Å². The van der Waals surface area contributed by atoms with Gasteiger partial charge in [-0.05, 0) is 20.8 Å². The molecule has 0 spiro atoms. The second kappa shape index (κ2) is 5.53. The molecule has 7 heteroatoms. The van der Waals surface area contributed by atoms with E-state index in [2.05, 4.69) is 5.32 Å². The molecule has 7 nitrogen and oxygen atoms in total. The van der Waals surface area contributed by atoms with Crippen LogP contribution in [-0.2, 0) is 19.0 Å². The Bertz CT molecular complexity index is 324. The Morgan fingerprint density at radius 2 is 2.00 bits per heavy atom. The number of alkyl carbamates (subject to hydrolysis) is 1. The summed E-state index contributed by atoms with van der Waals surface area (Å²) < 4.78 is 15.1. The van der Waals surface area contributed by atoms with Crippen molar-refractivity contribution in [3.8, 4) is 0 Å². The average Bonchev–Trinajstić information content (AvgIpc) is 2.12. The summed E-state index contributed by atoms with van der Waals surface area (Å²) in [6, 6.07) is 0. The highest BCUT2D eigenvalue weighted by molar-refractivity contribution is 5.74. The number of ether oxygens (including phenoxy) is 3. The Morgan fingerprint density at radius 3 is 2.44 bits per heavy atom. The molecule has 1 heterocycles. The van der Waals surface area contributed by atoms with E-state index in [1.54, 1.807) is 20.8 Å². The maximum atomic E-state index is 11.4. The van der Waals surface area contributed by atoms with Crippen molar-refractivity contribution in [3.63, 3.8) is 0 Å². The first-order valence-corrected chi connectivity index (χ1v) is 5.62. The van der Waals surface area contributed by atoms with Crippen molar-refractivity contribution < 1.29 is 28.9 Å². The molecule has 2 N–H and O–H groups in total. The van der Waals surface area contributed by atoms with Crippen LogP contribution in [0.4, 0.5) is 4.79 Å². The van der Waals surface area contributed by atoms with E-state index >= 15 is 0 Å². The van der Waals surface area contributed by atoms with Crippen molar-refractivity contribution in [2.24, 2.45) is 0 Å². The van der Waals surface area contributed by atoms with E-state index in [0.717, 1.165) is 0 Å². The molecule has 0 bridgehead atoms. The Balaban J connectivity index is 2.33. The van der Waals surface area contributed by atoms with Crippen LogP contribution in [0.1, 0.15) is 20.8 Å². The lowest BCUT2D eigenvalue weighted by Crippen LogP contribution is -2.62. The lowest BCUT2D eigenvalue weighted by molar-refractivity contribution is -0.235. The number of amides is 1. The zero-order chi connectivity index (χ0) is 13.9. The molecule has 1 aliphatic heterocycles. The molecule has 1 fully saturated rings. The van der Waals surface area contributed by atoms with Crippen molar-refractivity contribution in [1.82, 2.24) is 5.32 Å². The minimum absolute atomic E-state index is 0.150. The maximum Gasteiger partial charge on any atom is 0.407 e. The molecule has 0 aromatic carbocycles.